The van der Waals surface area contributed by atoms with E-state index in [4.69, 9.17) is 0 Å². The Morgan fingerprint density at radius 1 is 0.914 bits per heavy atom. The second-order valence-electron chi connectivity index (χ2n) is 7.94. The van der Waals surface area contributed by atoms with Crippen LogP contribution in [0.25, 0.3) is 11.0 Å². The van der Waals surface area contributed by atoms with Gasteiger partial charge in [0.2, 0.25) is 5.91 Å². The van der Waals surface area contributed by atoms with Crippen molar-refractivity contribution < 1.29 is 18.0 Å². The number of anilines is 2. The maximum Gasteiger partial charge on any atom is 0.323 e. The van der Waals surface area contributed by atoms with Crippen LogP contribution in [0.2, 0.25) is 0 Å². The molecule has 1 aromatic heterocycles. The van der Waals surface area contributed by atoms with Crippen LogP contribution in [0.3, 0.4) is 0 Å². The lowest BCUT2D eigenvalue weighted by atomic mass is 10.1. The third kappa shape index (κ3) is 5.41. The number of hydrogen-bond donors (Lipinski definition) is 5. The smallest absolute Gasteiger partial charge is 0.323 e. The van der Waals surface area contributed by atoms with E-state index in [1.54, 1.807) is 37.3 Å². The molecule has 1 atom stereocenters. The minimum Gasteiger partial charge on any atom is -0.345 e. The highest BCUT2D eigenvalue weighted by Crippen LogP contribution is 2.23. The van der Waals surface area contributed by atoms with Crippen LogP contribution in [0.4, 0.5) is 11.4 Å². The number of fused-ring (bicyclic) bond motifs is 1. The lowest BCUT2D eigenvalue weighted by Crippen LogP contribution is -2.28. The van der Waals surface area contributed by atoms with Crippen LogP contribution in [0.5, 0.6) is 0 Å². The SMILES string of the molecule is CC(=O)Nc1cccc(C(C)NC(=O)c2ccccc2NS(=O)(=O)c2ccc3[nH]c(=O)[nH]c3c2)c1. The Morgan fingerprint density at radius 3 is 2.43 bits per heavy atom. The number of nitrogens with one attached hydrogen (secondary N) is 5. The second kappa shape index (κ2) is 9.47. The molecular weight excluding hydrogens is 470 g/mol. The van der Waals surface area contributed by atoms with Crippen LogP contribution in [0.1, 0.15) is 35.8 Å². The van der Waals surface area contributed by atoms with Gasteiger partial charge >= 0.3 is 5.69 Å². The number of hydrogen-bond acceptors (Lipinski definition) is 5. The molecule has 0 spiro atoms. The molecule has 3 aromatic carbocycles. The summed E-state index contributed by atoms with van der Waals surface area (Å²) in [6.45, 7) is 3.19. The van der Waals surface area contributed by atoms with E-state index in [1.807, 2.05) is 6.07 Å². The number of benzene rings is 3. The van der Waals surface area contributed by atoms with Crippen molar-refractivity contribution in [2.75, 3.05) is 10.0 Å². The van der Waals surface area contributed by atoms with Crippen molar-refractivity contribution in [2.45, 2.75) is 24.8 Å². The molecule has 35 heavy (non-hydrogen) atoms. The number of imidazole rings is 1. The average Bonchev–Trinajstić information content (AvgIpc) is 3.18. The molecule has 1 heterocycles. The van der Waals surface area contributed by atoms with Crippen LogP contribution in [0, 0.1) is 0 Å². The lowest BCUT2D eigenvalue weighted by Gasteiger charge is -2.17. The van der Waals surface area contributed by atoms with E-state index in [0.29, 0.717) is 16.7 Å². The lowest BCUT2D eigenvalue weighted by molar-refractivity contribution is -0.114. The van der Waals surface area contributed by atoms with Crippen LogP contribution in [-0.4, -0.2) is 30.2 Å². The number of H-pyrrole nitrogens is 2. The van der Waals surface area contributed by atoms with Gasteiger partial charge in [-0.3, -0.25) is 14.3 Å². The van der Waals surface area contributed by atoms with Gasteiger partial charge in [0.25, 0.3) is 15.9 Å². The van der Waals surface area contributed by atoms with Gasteiger partial charge in [-0.2, -0.15) is 0 Å². The fourth-order valence-corrected chi connectivity index (χ4v) is 4.70. The highest BCUT2D eigenvalue weighted by atomic mass is 32.2. The number of rotatable bonds is 7. The molecule has 0 radical (unpaired) electrons. The molecule has 0 saturated carbocycles. The Hall–Kier alpha value is -4.38. The van der Waals surface area contributed by atoms with Gasteiger partial charge in [-0.25, -0.2) is 13.2 Å². The molecule has 5 N–H and O–H groups in total. The van der Waals surface area contributed by atoms with Crippen LogP contribution >= 0.6 is 0 Å². The molecule has 11 heteroatoms. The third-order valence-electron chi connectivity index (χ3n) is 5.27. The Labute approximate surface area is 200 Å². The standard InChI is InChI=1S/C24H23N5O5S/c1-14(16-6-5-7-17(12-16)26-15(2)30)25-23(31)19-8-3-4-9-20(19)29-35(33,34)18-10-11-21-22(13-18)28-24(32)27-21/h3-14,29H,1-2H3,(H,25,31)(H,26,30)(H2,27,28,32). The first-order valence-electron chi connectivity index (χ1n) is 10.6. The number of aromatic amines is 2. The Morgan fingerprint density at radius 2 is 1.66 bits per heavy atom. The molecular formula is C24H23N5O5S. The molecule has 4 aromatic rings. The van der Waals surface area contributed by atoms with Crippen molar-refractivity contribution in [1.82, 2.24) is 15.3 Å². The summed E-state index contributed by atoms with van der Waals surface area (Å²) in [5, 5.41) is 5.55. The molecule has 2 amide bonds. The molecule has 4 rings (SSSR count). The Balaban J connectivity index is 1.56. The number of amides is 2. The van der Waals surface area contributed by atoms with Crippen molar-refractivity contribution in [3.05, 3.63) is 88.3 Å². The first-order valence-corrected chi connectivity index (χ1v) is 12.1. The fourth-order valence-electron chi connectivity index (χ4n) is 3.60. The fraction of sp³-hybridized carbons (Fsp3) is 0.125. The minimum absolute atomic E-state index is 0.0707. The average molecular weight is 494 g/mol. The number of aromatic nitrogens is 2. The van der Waals surface area contributed by atoms with Crippen molar-refractivity contribution >= 4 is 44.2 Å². The van der Waals surface area contributed by atoms with Gasteiger partial charge in [0.1, 0.15) is 0 Å². The maximum absolute atomic E-state index is 13.1. The summed E-state index contributed by atoms with van der Waals surface area (Å²) in [6.07, 6.45) is 0. The van der Waals surface area contributed by atoms with Crippen LogP contribution in [-0.2, 0) is 14.8 Å². The van der Waals surface area contributed by atoms with Gasteiger partial charge < -0.3 is 20.6 Å². The van der Waals surface area contributed by atoms with Crippen molar-refractivity contribution in [1.29, 1.82) is 0 Å². The van der Waals surface area contributed by atoms with Gasteiger partial charge in [0.15, 0.2) is 0 Å². The second-order valence-corrected chi connectivity index (χ2v) is 9.62. The largest absolute Gasteiger partial charge is 0.345 e. The number of carbonyl (C=O) groups excluding carboxylic acids is 2. The summed E-state index contributed by atoms with van der Waals surface area (Å²) in [5.41, 5.74) is 1.98. The zero-order valence-electron chi connectivity index (χ0n) is 18.9. The van der Waals surface area contributed by atoms with Gasteiger partial charge in [-0.15, -0.1) is 0 Å². The first-order chi connectivity index (χ1) is 16.6. The predicted molar refractivity (Wildman–Crippen MR) is 133 cm³/mol. The first kappa shape index (κ1) is 23.8. The molecule has 0 saturated heterocycles. The van der Waals surface area contributed by atoms with Gasteiger partial charge in [0, 0.05) is 12.6 Å². The normalized spacial score (nSPS) is 12.2. The highest BCUT2D eigenvalue weighted by molar-refractivity contribution is 7.92. The van der Waals surface area contributed by atoms with Crippen LogP contribution < -0.4 is 21.0 Å². The zero-order chi connectivity index (χ0) is 25.2. The van der Waals surface area contributed by atoms with E-state index in [2.05, 4.69) is 25.3 Å². The van der Waals surface area contributed by atoms with Crippen LogP contribution in [0.15, 0.2) is 76.4 Å². The van der Waals surface area contributed by atoms with Crippen molar-refractivity contribution in [3.8, 4) is 0 Å². The van der Waals surface area contributed by atoms with Gasteiger partial charge in [-0.1, -0.05) is 24.3 Å². The quantitative estimate of drug-likeness (QED) is 0.268. The van der Waals surface area contributed by atoms with Crippen molar-refractivity contribution in [3.63, 3.8) is 0 Å². The molecule has 0 bridgehead atoms. The molecule has 180 valence electrons. The predicted octanol–water partition coefficient (Wildman–Crippen LogP) is 3.11. The number of sulfonamides is 1. The van der Waals surface area contributed by atoms with E-state index in [9.17, 15) is 22.8 Å². The number of para-hydroxylation sites is 1. The van der Waals surface area contributed by atoms with E-state index in [0.717, 1.165) is 5.56 Å². The summed E-state index contributed by atoms with van der Waals surface area (Å²) in [4.78, 5) is 40.9. The summed E-state index contributed by atoms with van der Waals surface area (Å²) in [5.74, 6) is -0.687. The highest BCUT2D eigenvalue weighted by Gasteiger charge is 2.20. The molecule has 0 aliphatic carbocycles. The van der Waals surface area contributed by atoms with E-state index in [1.165, 1.54) is 37.3 Å². The summed E-state index contributed by atoms with van der Waals surface area (Å²) in [7, 11) is -4.06. The molecule has 10 nitrogen and oxygen atoms in total. The molecule has 0 aliphatic rings. The maximum atomic E-state index is 13.1. The van der Waals surface area contributed by atoms with Crippen molar-refractivity contribution in [2.24, 2.45) is 0 Å². The third-order valence-corrected chi connectivity index (χ3v) is 6.63. The van der Waals surface area contributed by atoms with Gasteiger partial charge in [-0.05, 0) is 55.0 Å². The topological polar surface area (TPSA) is 153 Å². The Bertz CT molecular complexity index is 1590. The van der Waals surface area contributed by atoms with Gasteiger partial charge in [0.05, 0.1) is 33.2 Å². The molecule has 0 aliphatic heterocycles. The molecule has 0 fully saturated rings. The summed E-state index contributed by atoms with van der Waals surface area (Å²) < 4.78 is 28.5. The Kier molecular flexibility index (Phi) is 6.43. The van der Waals surface area contributed by atoms with E-state index < -0.39 is 27.7 Å². The minimum atomic E-state index is -4.06. The van der Waals surface area contributed by atoms with E-state index >= 15 is 0 Å². The monoisotopic (exact) mass is 493 g/mol. The summed E-state index contributed by atoms with van der Waals surface area (Å²) >= 11 is 0. The molecule has 1 unspecified atom stereocenters. The summed E-state index contributed by atoms with van der Waals surface area (Å²) in [6, 6.07) is 17.1. The zero-order valence-corrected chi connectivity index (χ0v) is 19.7. The number of carbonyl (C=O) groups is 2. The van der Waals surface area contributed by atoms with E-state index in [-0.39, 0.29) is 22.1 Å².